The van der Waals surface area contributed by atoms with Gasteiger partial charge in [0.25, 0.3) is 0 Å². The minimum absolute atomic E-state index is 0.115. The number of halogens is 3. The molecule has 2 atom stereocenters. The minimum Gasteiger partial charge on any atom is -0.367 e. The number of benzene rings is 1. The van der Waals surface area contributed by atoms with Crippen LogP contribution in [-0.2, 0) is 29.5 Å². The number of anilines is 1. The lowest BCUT2D eigenvalue weighted by molar-refractivity contribution is -0.126. The Balaban J connectivity index is 1.08. The molecule has 0 spiro atoms. The number of nitrogens with one attached hydrogen (secondary N) is 1. The number of thiophene rings is 1. The van der Waals surface area contributed by atoms with Gasteiger partial charge in [0.05, 0.1) is 18.1 Å². The van der Waals surface area contributed by atoms with Crippen LogP contribution in [-0.4, -0.2) is 100 Å². The summed E-state index contributed by atoms with van der Waals surface area (Å²) in [5.74, 6) is 0.586. The van der Waals surface area contributed by atoms with Crippen LogP contribution in [0.15, 0.2) is 30.6 Å². The molecule has 10 nitrogen and oxygen atoms in total. The van der Waals surface area contributed by atoms with Crippen LogP contribution < -0.4 is 5.32 Å². The third-order valence-corrected chi connectivity index (χ3v) is 12.1. The second kappa shape index (κ2) is 13.5. The maximum absolute atomic E-state index is 12.9. The van der Waals surface area contributed by atoms with Crippen LogP contribution in [0.4, 0.5) is 19.0 Å². The Hall–Kier alpha value is -3.29. The fourth-order valence-corrected chi connectivity index (χ4v) is 9.96. The normalized spacial score (nSPS) is 20.9. The predicted molar refractivity (Wildman–Crippen MR) is 183 cm³/mol. The summed E-state index contributed by atoms with van der Waals surface area (Å²) in [6, 6.07) is 10.1. The van der Waals surface area contributed by atoms with Crippen molar-refractivity contribution >= 4 is 48.3 Å². The molecule has 3 aromatic heterocycles. The number of aryl methyl sites for hydroxylation is 1. The zero-order chi connectivity index (χ0) is 34.4. The molecular formula is C33H41F3N8O2S2. The summed E-state index contributed by atoms with van der Waals surface area (Å²) < 4.78 is 67.0. The summed E-state index contributed by atoms with van der Waals surface area (Å²) in [5.41, 5.74) is 4.00. The number of nitrogens with zero attached hydrogens (tertiary/aromatic N) is 7. The number of piperidine rings is 1. The molecule has 0 radical (unpaired) electrons. The monoisotopic (exact) mass is 702 g/mol. The first-order valence-electron chi connectivity index (χ1n) is 16.2. The molecule has 2 aliphatic rings. The van der Waals surface area contributed by atoms with Gasteiger partial charge in [-0.15, -0.1) is 11.3 Å². The van der Waals surface area contributed by atoms with Crippen molar-refractivity contribution in [1.82, 2.24) is 28.6 Å². The standard InChI is InChI=1S/C33H41F3N8O2S2/c1-21-17-42(18-22(2)44(21)48(4,45)46)11-12-43-26(16-37)13-28-23(3)24(5-6-30(28)43)19-41-9-7-25(8-10-41)40-31-29-14-27(15-33(34,35)36)47-32(29)39-20-38-31/h5-6,13-14,20-22,25H,7-12,15,17-19H2,1-4H3,(H,38,39,40)/t21-,22-/m0/s1. The molecular weight excluding hydrogens is 662 g/mol. The number of hydrogen-bond donors (Lipinski definition) is 1. The van der Waals surface area contributed by atoms with Gasteiger partial charge in [-0.2, -0.15) is 22.7 Å². The average Bonchev–Trinajstić information content (AvgIpc) is 3.57. The molecule has 2 fully saturated rings. The van der Waals surface area contributed by atoms with E-state index in [-0.39, 0.29) is 23.0 Å². The number of sulfonamides is 1. The van der Waals surface area contributed by atoms with E-state index in [1.54, 1.807) is 10.4 Å². The molecule has 1 aromatic carbocycles. The van der Waals surface area contributed by atoms with Gasteiger partial charge in [-0.3, -0.25) is 9.80 Å². The van der Waals surface area contributed by atoms with E-state index in [2.05, 4.69) is 54.8 Å². The summed E-state index contributed by atoms with van der Waals surface area (Å²) >= 11 is 1.06. The van der Waals surface area contributed by atoms with Crippen molar-refractivity contribution in [2.45, 2.75) is 77.4 Å². The maximum Gasteiger partial charge on any atom is 0.393 e. The van der Waals surface area contributed by atoms with Crippen LogP contribution in [0.1, 0.15) is 48.4 Å². The molecule has 2 saturated heterocycles. The second-order valence-corrected chi connectivity index (χ2v) is 16.3. The maximum atomic E-state index is 12.9. The van der Waals surface area contributed by atoms with Crippen molar-refractivity contribution in [3.05, 3.63) is 52.3 Å². The molecule has 6 rings (SSSR count). The molecule has 5 heterocycles. The highest BCUT2D eigenvalue weighted by molar-refractivity contribution is 7.88. The van der Waals surface area contributed by atoms with Crippen molar-refractivity contribution < 1.29 is 21.6 Å². The largest absolute Gasteiger partial charge is 0.393 e. The van der Waals surface area contributed by atoms with Crippen molar-refractivity contribution in [2.75, 3.05) is 44.3 Å². The van der Waals surface area contributed by atoms with Gasteiger partial charge in [0.1, 0.15) is 28.7 Å². The van der Waals surface area contributed by atoms with E-state index < -0.39 is 22.6 Å². The van der Waals surface area contributed by atoms with E-state index in [0.717, 1.165) is 66.8 Å². The number of nitriles is 1. The number of piperazine rings is 1. The van der Waals surface area contributed by atoms with Crippen molar-refractivity contribution in [2.24, 2.45) is 0 Å². The highest BCUT2D eigenvalue weighted by atomic mass is 32.2. The van der Waals surface area contributed by atoms with Gasteiger partial charge in [-0.25, -0.2) is 18.4 Å². The van der Waals surface area contributed by atoms with E-state index in [1.807, 2.05) is 19.9 Å². The summed E-state index contributed by atoms with van der Waals surface area (Å²) in [7, 11) is -3.27. The quantitative estimate of drug-likeness (QED) is 0.248. The lowest BCUT2D eigenvalue weighted by Crippen LogP contribution is -2.58. The van der Waals surface area contributed by atoms with Crippen LogP contribution in [0.2, 0.25) is 0 Å². The Kier molecular flexibility index (Phi) is 9.76. The molecule has 0 bridgehead atoms. The lowest BCUT2D eigenvalue weighted by atomic mass is 10.0. The van der Waals surface area contributed by atoms with Crippen molar-refractivity contribution in [3.8, 4) is 6.07 Å². The van der Waals surface area contributed by atoms with Crippen LogP contribution in [0.5, 0.6) is 0 Å². The Morgan fingerprint density at radius 2 is 1.75 bits per heavy atom. The van der Waals surface area contributed by atoms with Gasteiger partial charge in [0, 0.05) is 79.7 Å². The molecule has 15 heteroatoms. The average molecular weight is 703 g/mol. The van der Waals surface area contributed by atoms with Crippen LogP contribution in [0.25, 0.3) is 21.1 Å². The van der Waals surface area contributed by atoms with Gasteiger partial charge in [-0.1, -0.05) is 6.07 Å². The Morgan fingerprint density at radius 1 is 1.04 bits per heavy atom. The van der Waals surface area contributed by atoms with Crippen LogP contribution in [0, 0.1) is 18.3 Å². The van der Waals surface area contributed by atoms with Gasteiger partial charge in [0.2, 0.25) is 10.0 Å². The topological polar surface area (TPSA) is 110 Å². The number of fused-ring (bicyclic) bond motifs is 2. The summed E-state index contributed by atoms with van der Waals surface area (Å²) in [6.07, 6.45) is -0.818. The smallest absolute Gasteiger partial charge is 0.367 e. The number of aromatic nitrogens is 3. The number of hydrogen-bond acceptors (Lipinski definition) is 9. The van der Waals surface area contributed by atoms with E-state index in [9.17, 15) is 26.9 Å². The third-order valence-electron chi connectivity index (χ3n) is 9.60. The molecule has 48 heavy (non-hydrogen) atoms. The Bertz CT molecular complexity index is 1930. The molecule has 0 aliphatic carbocycles. The predicted octanol–water partition coefficient (Wildman–Crippen LogP) is 5.36. The first-order valence-corrected chi connectivity index (χ1v) is 18.9. The molecule has 258 valence electrons. The van der Waals surface area contributed by atoms with E-state index in [4.69, 9.17) is 0 Å². The molecule has 2 aliphatic heterocycles. The van der Waals surface area contributed by atoms with Gasteiger partial charge in [0.15, 0.2) is 0 Å². The van der Waals surface area contributed by atoms with E-state index in [0.29, 0.717) is 41.4 Å². The zero-order valence-electron chi connectivity index (χ0n) is 27.6. The van der Waals surface area contributed by atoms with Crippen LogP contribution in [0.3, 0.4) is 0 Å². The van der Waals surface area contributed by atoms with Gasteiger partial charge >= 0.3 is 6.18 Å². The molecule has 0 amide bonds. The Labute approximate surface area is 283 Å². The van der Waals surface area contributed by atoms with E-state index >= 15 is 0 Å². The summed E-state index contributed by atoms with van der Waals surface area (Å²) in [5, 5.41) is 15.2. The fraction of sp³-hybridized carbons (Fsp3) is 0.545. The number of likely N-dealkylation sites (tertiary alicyclic amines) is 1. The Morgan fingerprint density at radius 3 is 2.40 bits per heavy atom. The van der Waals surface area contributed by atoms with Crippen molar-refractivity contribution in [3.63, 3.8) is 0 Å². The van der Waals surface area contributed by atoms with Crippen molar-refractivity contribution in [1.29, 1.82) is 5.26 Å². The third kappa shape index (κ3) is 7.47. The SMILES string of the molecule is Cc1c(CN2CCC(Nc3ncnc4sc(CC(F)(F)F)cc34)CC2)ccc2c1cc(C#N)n2CCN1C[C@H](C)N(S(C)(=O)=O)[C@@H](C)C1. The van der Waals surface area contributed by atoms with Crippen LogP contribution >= 0.6 is 11.3 Å². The zero-order valence-corrected chi connectivity index (χ0v) is 29.2. The summed E-state index contributed by atoms with van der Waals surface area (Å²) in [4.78, 5) is 14.0. The highest BCUT2D eigenvalue weighted by Gasteiger charge is 2.35. The molecule has 1 N–H and O–H groups in total. The van der Waals surface area contributed by atoms with Gasteiger partial charge in [-0.05, 0) is 62.9 Å². The molecule has 0 saturated carbocycles. The number of alkyl halides is 3. The first kappa shape index (κ1) is 34.6. The van der Waals surface area contributed by atoms with Gasteiger partial charge < -0.3 is 9.88 Å². The fourth-order valence-electron chi connectivity index (χ4n) is 7.50. The molecule has 4 aromatic rings. The van der Waals surface area contributed by atoms with E-state index in [1.165, 1.54) is 18.1 Å². The lowest BCUT2D eigenvalue weighted by Gasteiger charge is -2.42. The summed E-state index contributed by atoms with van der Waals surface area (Å²) in [6.45, 7) is 11.2. The number of rotatable bonds is 9. The highest BCUT2D eigenvalue weighted by Crippen LogP contribution is 2.33. The minimum atomic E-state index is -4.27. The second-order valence-electron chi connectivity index (χ2n) is 13.3. The first-order chi connectivity index (χ1) is 22.7. The molecule has 0 unspecified atom stereocenters.